The molecule has 0 saturated heterocycles. The standard InChI is InChI=1S/C21H21FN2O3S2/c22-9-11-27-21(26-10-8-14-4-2-1-3-5-14)17-13-28-19(24-17)20-23-16-7-6-15(25)12-18(16)29-20/h1-7,12,17,21,25H,8-11,13H2. The number of aliphatic imine (C=N–C) groups is 1. The molecule has 152 valence electrons. The number of rotatable bonds is 9. The maximum Gasteiger partial charge on any atom is 0.180 e. The largest absolute Gasteiger partial charge is 0.508 e. The van der Waals surface area contributed by atoms with Crippen molar-refractivity contribution >= 4 is 38.4 Å². The third-order valence-corrected chi connectivity index (χ3v) is 6.65. The zero-order chi connectivity index (χ0) is 20.1. The van der Waals surface area contributed by atoms with Crippen molar-refractivity contribution in [2.45, 2.75) is 18.8 Å². The molecule has 4 rings (SSSR count). The average Bonchev–Trinajstić information content (AvgIpc) is 3.38. The highest BCUT2D eigenvalue weighted by Gasteiger charge is 2.30. The topological polar surface area (TPSA) is 63.9 Å². The lowest BCUT2D eigenvalue weighted by Crippen LogP contribution is -2.32. The predicted octanol–water partition coefficient (Wildman–Crippen LogP) is 4.44. The van der Waals surface area contributed by atoms with E-state index in [9.17, 15) is 9.50 Å². The maximum atomic E-state index is 12.7. The van der Waals surface area contributed by atoms with Crippen molar-refractivity contribution in [3.8, 4) is 5.75 Å². The number of hydrogen-bond acceptors (Lipinski definition) is 7. The third-order valence-electron chi connectivity index (χ3n) is 4.42. The van der Waals surface area contributed by atoms with Crippen LogP contribution >= 0.6 is 23.1 Å². The molecule has 2 heterocycles. The molecule has 0 amide bonds. The number of fused-ring (bicyclic) bond motifs is 1. The summed E-state index contributed by atoms with van der Waals surface area (Å²) >= 11 is 3.09. The second-order valence-electron chi connectivity index (χ2n) is 6.52. The Morgan fingerprint density at radius 2 is 1.97 bits per heavy atom. The van der Waals surface area contributed by atoms with Crippen LogP contribution in [-0.2, 0) is 15.9 Å². The summed E-state index contributed by atoms with van der Waals surface area (Å²) in [6, 6.07) is 15.0. The molecule has 0 fully saturated rings. The minimum absolute atomic E-state index is 0.0115. The van der Waals surface area contributed by atoms with Gasteiger partial charge in [0.2, 0.25) is 0 Å². The number of phenolic OH excluding ortho intramolecular Hbond substituents is 1. The van der Waals surface area contributed by atoms with Gasteiger partial charge < -0.3 is 14.6 Å². The van der Waals surface area contributed by atoms with Crippen molar-refractivity contribution in [2.75, 3.05) is 25.6 Å². The molecular weight excluding hydrogens is 411 g/mol. The van der Waals surface area contributed by atoms with Crippen LogP contribution in [0.4, 0.5) is 4.39 Å². The number of aromatic hydroxyl groups is 1. The quantitative estimate of drug-likeness (QED) is 0.507. The van der Waals surface area contributed by atoms with E-state index in [0.29, 0.717) is 12.4 Å². The van der Waals surface area contributed by atoms with E-state index >= 15 is 0 Å². The number of ether oxygens (including phenoxy) is 2. The molecule has 1 aliphatic heterocycles. The minimum Gasteiger partial charge on any atom is -0.508 e. The van der Waals surface area contributed by atoms with Gasteiger partial charge in [-0.25, -0.2) is 9.37 Å². The molecule has 2 atom stereocenters. The molecule has 8 heteroatoms. The first-order valence-electron chi connectivity index (χ1n) is 9.36. The summed E-state index contributed by atoms with van der Waals surface area (Å²) in [6.45, 7) is -0.0911. The molecule has 5 nitrogen and oxygen atoms in total. The smallest absolute Gasteiger partial charge is 0.180 e. The molecule has 29 heavy (non-hydrogen) atoms. The van der Waals surface area contributed by atoms with E-state index in [4.69, 9.17) is 14.5 Å². The first-order chi connectivity index (χ1) is 14.2. The summed E-state index contributed by atoms with van der Waals surface area (Å²) in [5, 5.41) is 11.3. The Balaban J connectivity index is 1.43. The molecule has 1 aromatic heterocycles. The normalized spacial score (nSPS) is 17.6. The van der Waals surface area contributed by atoms with Crippen LogP contribution in [0.15, 0.2) is 53.5 Å². The fraction of sp³-hybridized carbons (Fsp3) is 0.333. The zero-order valence-corrected chi connectivity index (χ0v) is 17.3. The van der Waals surface area contributed by atoms with Crippen LogP contribution in [0.2, 0.25) is 0 Å². The number of halogens is 1. The van der Waals surface area contributed by atoms with Crippen molar-refractivity contribution in [2.24, 2.45) is 4.99 Å². The van der Waals surface area contributed by atoms with E-state index in [2.05, 4.69) is 4.98 Å². The van der Waals surface area contributed by atoms with Gasteiger partial charge in [0.05, 0.1) is 23.4 Å². The van der Waals surface area contributed by atoms with Crippen molar-refractivity contribution in [3.05, 3.63) is 59.1 Å². The number of phenols is 1. The van der Waals surface area contributed by atoms with Crippen LogP contribution in [0.1, 0.15) is 10.6 Å². The highest BCUT2D eigenvalue weighted by molar-refractivity contribution is 8.15. The summed E-state index contributed by atoms with van der Waals surface area (Å²) < 4.78 is 25.1. The SMILES string of the molecule is Oc1ccc2nc(C3=NC(C(OCCF)OCCc4ccccc4)CS3)sc2c1. The van der Waals surface area contributed by atoms with Gasteiger partial charge in [0.1, 0.15) is 28.5 Å². The van der Waals surface area contributed by atoms with E-state index < -0.39 is 13.0 Å². The van der Waals surface area contributed by atoms with Gasteiger partial charge in [-0.3, -0.25) is 4.99 Å². The number of hydrogen-bond donors (Lipinski definition) is 1. The van der Waals surface area contributed by atoms with E-state index in [-0.39, 0.29) is 18.4 Å². The third kappa shape index (κ3) is 5.14. The summed E-state index contributed by atoms with van der Waals surface area (Å²) in [6.07, 6.45) is 0.173. The molecule has 0 radical (unpaired) electrons. The minimum atomic E-state index is -0.585. The molecule has 0 aliphatic carbocycles. The average molecular weight is 433 g/mol. The maximum absolute atomic E-state index is 12.7. The van der Waals surface area contributed by atoms with Crippen LogP contribution < -0.4 is 0 Å². The zero-order valence-electron chi connectivity index (χ0n) is 15.7. The van der Waals surface area contributed by atoms with E-state index in [1.54, 1.807) is 30.0 Å². The Morgan fingerprint density at radius 1 is 1.14 bits per heavy atom. The lowest BCUT2D eigenvalue weighted by molar-refractivity contribution is -0.151. The molecular formula is C21H21FN2O3S2. The monoisotopic (exact) mass is 432 g/mol. The number of nitrogens with zero attached hydrogens (tertiary/aromatic N) is 2. The Kier molecular flexibility index (Phi) is 6.76. The van der Waals surface area contributed by atoms with E-state index in [1.165, 1.54) is 16.9 Å². The van der Waals surface area contributed by atoms with Gasteiger partial charge in [-0.2, -0.15) is 0 Å². The van der Waals surface area contributed by atoms with Crippen LogP contribution in [0.25, 0.3) is 10.2 Å². The summed E-state index contributed by atoms with van der Waals surface area (Å²) in [7, 11) is 0. The van der Waals surface area contributed by atoms with Gasteiger partial charge in [-0.1, -0.05) is 30.3 Å². The molecule has 2 aromatic carbocycles. The lowest BCUT2D eigenvalue weighted by atomic mass is 10.2. The van der Waals surface area contributed by atoms with Gasteiger partial charge in [0.15, 0.2) is 6.29 Å². The van der Waals surface area contributed by atoms with Crippen molar-refractivity contribution in [3.63, 3.8) is 0 Å². The molecule has 2 unspecified atom stereocenters. The van der Waals surface area contributed by atoms with Gasteiger partial charge in [-0.15, -0.1) is 23.1 Å². The number of benzene rings is 2. The van der Waals surface area contributed by atoms with Crippen LogP contribution in [0.3, 0.4) is 0 Å². The van der Waals surface area contributed by atoms with Crippen molar-refractivity contribution < 1.29 is 19.0 Å². The predicted molar refractivity (Wildman–Crippen MR) is 116 cm³/mol. The first-order valence-corrected chi connectivity index (χ1v) is 11.2. The van der Waals surface area contributed by atoms with Crippen LogP contribution in [-0.4, -0.2) is 53.1 Å². The molecule has 0 bridgehead atoms. The highest BCUT2D eigenvalue weighted by Crippen LogP contribution is 2.32. The van der Waals surface area contributed by atoms with E-state index in [0.717, 1.165) is 26.7 Å². The molecule has 3 aromatic rings. The Hall–Kier alpha value is -2.00. The molecule has 1 aliphatic rings. The van der Waals surface area contributed by atoms with Gasteiger partial charge in [0.25, 0.3) is 0 Å². The van der Waals surface area contributed by atoms with Crippen molar-refractivity contribution in [1.82, 2.24) is 4.98 Å². The fourth-order valence-electron chi connectivity index (χ4n) is 3.02. The first kappa shape index (κ1) is 20.3. The number of alkyl halides is 1. The lowest BCUT2D eigenvalue weighted by Gasteiger charge is -2.21. The molecule has 0 spiro atoms. The second kappa shape index (κ2) is 9.67. The number of thioether (sulfide) groups is 1. The Labute approximate surface area is 176 Å². The summed E-state index contributed by atoms with van der Waals surface area (Å²) in [5.74, 6) is 0.914. The van der Waals surface area contributed by atoms with Gasteiger partial charge in [0, 0.05) is 5.75 Å². The highest BCUT2D eigenvalue weighted by atomic mass is 32.2. The van der Waals surface area contributed by atoms with Gasteiger partial charge in [-0.05, 0) is 30.2 Å². The summed E-state index contributed by atoms with van der Waals surface area (Å²) in [4.78, 5) is 9.36. The number of thiazole rings is 1. The summed E-state index contributed by atoms with van der Waals surface area (Å²) in [5.41, 5.74) is 2.01. The van der Waals surface area contributed by atoms with Gasteiger partial charge >= 0.3 is 0 Å². The van der Waals surface area contributed by atoms with E-state index in [1.807, 2.05) is 30.3 Å². The molecule has 0 saturated carbocycles. The Morgan fingerprint density at radius 3 is 2.79 bits per heavy atom. The Bertz CT molecular complexity index is 980. The van der Waals surface area contributed by atoms with Crippen molar-refractivity contribution in [1.29, 1.82) is 0 Å². The number of aromatic nitrogens is 1. The van der Waals surface area contributed by atoms with Crippen LogP contribution in [0, 0.1) is 0 Å². The van der Waals surface area contributed by atoms with Crippen LogP contribution in [0.5, 0.6) is 5.75 Å². The molecule has 1 N–H and O–H groups in total. The second-order valence-corrected chi connectivity index (χ2v) is 8.56. The fourth-order valence-corrected chi connectivity index (χ4v) is 5.15.